The Morgan fingerprint density at radius 1 is 1.28 bits per heavy atom. The van der Waals surface area contributed by atoms with Gasteiger partial charge in [-0.25, -0.2) is 14.6 Å². The molecule has 0 aliphatic carbocycles. The second-order valence-corrected chi connectivity index (χ2v) is 7.32. The molecule has 1 saturated heterocycles. The summed E-state index contributed by atoms with van der Waals surface area (Å²) in [6.45, 7) is 5.72. The lowest BCUT2D eigenvalue weighted by molar-refractivity contribution is -0.117. The van der Waals surface area contributed by atoms with Crippen LogP contribution in [0.3, 0.4) is 0 Å². The number of nitrogens with one attached hydrogen (secondary N) is 1. The van der Waals surface area contributed by atoms with Crippen LogP contribution >= 0.6 is 0 Å². The van der Waals surface area contributed by atoms with Crippen LogP contribution in [-0.2, 0) is 4.79 Å². The third-order valence-corrected chi connectivity index (χ3v) is 4.78. The molecule has 0 unspecified atom stereocenters. The molecule has 150 valence electrons. The summed E-state index contributed by atoms with van der Waals surface area (Å²) in [5.41, 5.74) is 8.38. The van der Waals surface area contributed by atoms with Gasteiger partial charge < -0.3 is 11.1 Å². The number of pyridine rings is 1. The van der Waals surface area contributed by atoms with Crippen molar-refractivity contribution in [3.8, 4) is 17.3 Å². The number of nitrogens with two attached hydrogens (primary N) is 1. The highest BCUT2D eigenvalue weighted by atomic mass is 16.2. The molecule has 0 radical (unpaired) electrons. The summed E-state index contributed by atoms with van der Waals surface area (Å²) in [6, 6.07) is 9.36. The first kappa shape index (κ1) is 19.2. The van der Waals surface area contributed by atoms with Gasteiger partial charge in [-0.3, -0.25) is 14.7 Å². The molecule has 4 rings (SSSR count). The van der Waals surface area contributed by atoms with E-state index in [9.17, 15) is 4.79 Å². The number of anilines is 1. The van der Waals surface area contributed by atoms with Crippen LogP contribution in [0.2, 0.25) is 0 Å². The number of aromatic nitrogens is 5. The molecule has 1 atom stereocenters. The maximum Gasteiger partial charge on any atom is 0.239 e. The molecule has 9 heteroatoms. The first-order valence-electron chi connectivity index (χ1n) is 9.60. The van der Waals surface area contributed by atoms with E-state index in [4.69, 9.17) is 5.73 Å². The molecule has 0 saturated carbocycles. The number of hydrogen-bond acceptors (Lipinski definition) is 7. The van der Waals surface area contributed by atoms with Gasteiger partial charge in [0.25, 0.3) is 0 Å². The number of aryl methyl sites for hydroxylation is 2. The van der Waals surface area contributed by atoms with Crippen molar-refractivity contribution < 1.29 is 4.79 Å². The minimum Gasteiger partial charge on any atom is -0.326 e. The van der Waals surface area contributed by atoms with Crippen LogP contribution in [0.4, 0.5) is 5.82 Å². The van der Waals surface area contributed by atoms with Crippen molar-refractivity contribution in [3.05, 3.63) is 47.9 Å². The van der Waals surface area contributed by atoms with Gasteiger partial charge in [-0.15, -0.1) is 0 Å². The zero-order valence-corrected chi connectivity index (χ0v) is 16.5. The van der Waals surface area contributed by atoms with Gasteiger partial charge in [0.15, 0.2) is 11.6 Å². The van der Waals surface area contributed by atoms with Crippen LogP contribution in [0.5, 0.6) is 0 Å². The second kappa shape index (κ2) is 8.06. The Morgan fingerprint density at radius 2 is 2.14 bits per heavy atom. The monoisotopic (exact) mass is 392 g/mol. The first-order chi connectivity index (χ1) is 14.0. The lowest BCUT2D eigenvalue weighted by Gasteiger charge is -2.15. The van der Waals surface area contributed by atoms with Crippen molar-refractivity contribution in [2.75, 3.05) is 25.0 Å². The Kier molecular flexibility index (Phi) is 5.32. The fourth-order valence-corrected chi connectivity index (χ4v) is 3.47. The molecule has 0 bridgehead atoms. The van der Waals surface area contributed by atoms with Crippen molar-refractivity contribution in [2.45, 2.75) is 26.3 Å². The van der Waals surface area contributed by atoms with E-state index in [0.717, 1.165) is 30.9 Å². The highest BCUT2D eigenvalue weighted by Gasteiger charge is 2.21. The van der Waals surface area contributed by atoms with Gasteiger partial charge in [0.05, 0.1) is 12.2 Å². The summed E-state index contributed by atoms with van der Waals surface area (Å²) in [5, 5.41) is 7.39. The van der Waals surface area contributed by atoms with E-state index in [-0.39, 0.29) is 18.5 Å². The summed E-state index contributed by atoms with van der Waals surface area (Å²) in [5.74, 6) is 1.28. The lowest BCUT2D eigenvalue weighted by Crippen LogP contribution is -2.33. The fraction of sp³-hybridized carbons (Fsp3) is 0.350. The molecule has 0 aromatic carbocycles. The van der Waals surface area contributed by atoms with Crippen LogP contribution in [0, 0.1) is 13.8 Å². The molecule has 0 spiro atoms. The Balaban J connectivity index is 1.64. The third kappa shape index (κ3) is 4.47. The zero-order valence-electron chi connectivity index (χ0n) is 16.5. The normalized spacial score (nSPS) is 16.9. The largest absolute Gasteiger partial charge is 0.326 e. The Morgan fingerprint density at radius 3 is 2.79 bits per heavy atom. The number of rotatable bonds is 5. The molecule has 3 aromatic heterocycles. The highest BCUT2D eigenvalue weighted by molar-refractivity contribution is 5.91. The maximum absolute atomic E-state index is 12.5. The fourth-order valence-electron chi connectivity index (χ4n) is 3.47. The van der Waals surface area contributed by atoms with Crippen LogP contribution < -0.4 is 11.1 Å². The molecular formula is C20H24N8O. The van der Waals surface area contributed by atoms with Crippen LogP contribution in [0.25, 0.3) is 17.3 Å². The van der Waals surface area contributed by atoms with E-state index in [1.54, 1.807) is 16.9 Å². The molecule has 4 heterocycles. The summed E-state index contributed by atoms with van der Waals surface area (Å²) >= 11 is 0. The number of likely N-dealkylation sites (tertiary alicyclic amines) is 1. The molecule has 29 heavy (non-hydrogen) atoms. The molecule has 1 amide bonds. The quantitative estimate of drug-likeness (QED) is 0.673. The number of nitrogens with zero attached hydrogens (tertiary/aromatic N) is 6. The van der Waals surface area contributed by atoms with Crippen molar-refractivity contribution in [1.82, 2.24) is 29.6 Å². The summed E-state index contributed by atoms with van der Waals surface area (Å²) < 4.78 is 1.73. The van der Waals surface area contributed by atoms with Gasteiger partial charge in [-0.05, 0) is 38.5 Å². The summed E-state index contributed by atoms with van der Waals surface area (Å²) in [6.07, 6.45) is 2.59. The zero-order chi connectivity index (χ0) is 20.4. The van der Waals surface area contributed by atoms with Gasteiger partial charge in [-0.1, -0.05) is 6.07 Å². The van der Waals surface area contributed by atoms with Gasteiger partial charge in [0.1, 0.15) is 11.5 Å². The molecule has 9 nitrogen and oxygen atoms in total. The Bertz CT molecular complexity index is 1020. The smallest absolute Gasteiger partial charge is 0.239 e. The van der Waals surface area contributed by atoms with E-state index >= 15 is 0 Å². The van der Waals surface area contributed by atoms with E-state index in [1.165, 1.54) is 0 Å². The van der Waals surface area contributed by atoms with E-state index < -0.39 is 0 Å². The van der Waals surface area contributed by atoms with E-state index in [2.05, 4.69) is 25.4 Å². The average molecular weight is 392 g/mol. The van der Waals surface area contributed by atoms with Crippen molar-refractivity contribution in [1.29, 1.82) is 0 Å². The Labute approximate surface area is 169 Å². The lowest BCUT2D eigenvalue weighted by atomic mass is 10.3. The van der Waals surface area contributed by atoms with Gasteiger partial charge in [0, 0.05) is 37.1 Å². The Hall–Kier alpha value is -3.17. The number of hydrogen-bond donors (Lipinski definition) is 2. The van der Waals surface area contributed by atoms with Gasteiger partial charge >= 0.3 is 0 Å². The van der Waals surface area contributed by atoms with E-state index in [0.29, 0.717) is 23.2 Å². The molecule has 3 aromatic rings. The minimum atomic E-state index is -0.135. The second-order valence-electron chi connectivity index (χ2n) is 7.32. The van der Waals surface area contributed by atoms with Crippen molar-refractivity contribution in [3.63, 3.8) is 0 Å². The summed E-state index contributed by atoms with van der Waals surface area (Å²) in [4.78, 5) is 28.1. The maximum atomic E-state index is 12.5. The summed E-state index contributed by atoms with van der Waals surface area (Å²) in [7, 11) is 0. The molecule has 1 fully saturated rings. The number of amides is 1. The third-order valence-electron chi connectivity index (χ3n) is 4.78. The van der Waals surface area contributed by atoms with Crippen LogP contribution in [0.15, 0.2) is 36.5 Å². The first-order valence-corrected chi connectivity index (χ1v) is 9.60. The SMILES string of the molecule is Cc1cc(C)n(-c2cc(NC(=O)CN3CC[C@@H](N)C3)nc(-c3ccccn3)n2)n1. The van der Waals surface area contributed by atoms with Gasteiger partial charge in [0.2, 0.25) is 5.91 Å². The standard InChI is InChI=1S/C20H24N8O/c1-13-9-14(2)28(26-13)18-10-17(23-19(29)12-27-8-6-15(21)11-27)24-20(25-18)16-5-3-4-7-22-16/h3-5,7,9-10,15H,6,8,11-12,21H2,1-2H3,(H,23,24,25,29)/t15-/m1/s1. The molecule has 1 aliphatic rings. The van der Waals surface area contributed by atoms with Gasteiger partial charge in [-0.2, -0.15) is 5.10 Å². The predicted molar refractivity (Wildman–Crippen MR) is 110 cm³/mol. The van der Waals surface area contributed by atoms with Crippen LogP contribution in [-0.4, -0.2) is 61.2 Å². The predicted octanol–water partition coefficient (Wildman–Crippen LogP) is 1.31. The minimum absolute atomic E-state index is 0.134. The van der Waals surface area contributed by atoms with E-state index in [1.807, 2.05) is 43.0 Å². The van der Waals surface area contributed by atoms with Crippen molar-refractivity contribution in [2.24, 2.45) is 5.73 Å². The average Bonchev–Trinajstić information content (AvgIpc) is 3.26. The van der Waals surface area contributed by atoms with Crippen molar-refractivity contribution >= 4 is 11.7 Å². The molecular weight excluding hydrogens is 368 g/mol. The number of carbonyl (C=O) groups excluding carboxylic acids is 1. The molecule has 1 aliphatic heterocycles. The molecule has 3 N–H and O–H groups in total. The topological polar surface area (TPSA) is 115 Å². The number of carbonyl (C=O) groups is 1. The highest BCUT2D eigenvalue weighted by Crippen LogP contribution is 2.19. The van der Waals surface area contributed by atoms with Crippen LogP contribution in [0.1, 0.15) is 17.8 Å².